The number of hydrogen-bond donors (Lipinski definition) is 1. The molecule has 3 nitrogen and oxygen atoms in total. The SMILES string of the molecule is CC(C)CC(C)N(C)C(=O)c1sc2cccc(Cl)c2c1N. The van der Waals surface area contributed by atoms with Crippen LogP contribution in [0.25, 0.3) is 10.1 Å². The highest BCUT2D eigenvalue weighted by Gasteiger charge is 2.24. The van der Waals surface area contributed by atoms with Crippen molar-refractivity contribution in [2.75, 3.05) is 12.8 Å². The van der Waals surface area contributed by atoms with Crippen molar-refractivity contribution in [3.8, 4) is 0 Å². The number of carbonyl (C=O) groups is 1. The van der Waals surface area contributed by atoms with E-state index >= 15 is 0 Å². The van der Waals surface area contributed by atoms with Crippen LogP contribution < -0.4 is 5.73 Å². The van der Waals surface area contributed by atoms with E-state index < -0.39 is 0 Å². The lowest BCUT2D eigenvalue weighted by Gasteiger charge is -2.26. The first-order valence-corrected chi connectivity index (χ1v) is 8.26. The minimum atomic E-state index is -0.0297. The molecule has 2 aromatic rings. The second kappa shape index (κ2) is 6.24. The third-order valence-electron chi connectivity index (χ3n) is 3.69. The molecule has 0 radical (unpaired) electrons. The summed E-state index contributed by atoms with van der Waals surface area (Å²) in [5.74, 6) is 0.516. The molecule has 0 bridgehead atoms. The van der Waals surface area contributed by atoms with Crippen molar-refractivity contribution in [3.05, 3.63) is 28.1 Å². The minimum absolute atomic E-state index is 0.0297. The molecular formula is C16H21ClN2OS. The highest BCUT2D eigenvalue weighted by atomic mass is 35.5. The van der Waals surface area contributed by atoms with E-state index in [0.717, 1.165) is 16.5 Å². The van der Waals surface area contributed by atoms with Crippen LogP contribution in [0.5, 0.6) is 0 Å². The van der Waals surface area contributed by atoms with Crippen molar-refractivity contribution in [3.63, 3.8) is 0 Å². The molecule has 1 amide bonds. The number of nitrogens with zero attached hydrogens (tertiary/aromatic N) is 1. The monoisotopic (exact) mass is 324 g/mol. The van der Waals surface area contributed by atoms with Crippen molar-refractivity contribution >= 4 is 44.6 Å². The Kier molecular flexibility index (Phi) is 4.79. The van der Waals surface area contributed by atoms with Crippen LogP contribution in [0.3, 0.4) is 0 Å². The van der Waals surface area contributed by atoms with Crippen molar-refractivity contribution in [2.45, 2.75) is 33.2 Å². The maximum atomic E-state index is 12.7. The summed E-state index contributed by atoms with van der Waals surface area (Å²) in [5, 5.41) is 1.38. The molecule has 0 aliphatic carbocycles. The van der Waals surface area contributed by atoms with Gasteiger partial charge in [-0.2, -0.15) is 0 Å². The van der Waals surface area contributed by atoms with Crippen LogP contribution in [0.2, 0.25) is 5.02 Å². The second-order valence-corrected chi connectivity index (χ2v) is 7.31. The number of nitrogen functional groups attached to an aromatic ring is 1. The first-order valence-electron chi connectivity index (χ1n) is 7.06. The van der Waals surface area contributed by atoms with Gasteiger partial charge in [0, 0.05) is 23.2 Å². The highest BCUT2D eigenvalue weighted by molar-refractivity contribution is 7.21. The molecule has 0 fully saturated rings. The van der Waals surface area contributed by atoms with Gasteiger partial charge in [0.1, 0.15) is 4.88 Å². The van der Waals surface area contributed by atoms with Crippen LogP contribution >= 0.6 is 22.9 Å². The Morgan fingerprint density at radius 3 is 2.62 bits per heavy atom. The number of halogens is 1. The average Bonchev–Trinajstić information content (AvgIpc) is 2.75. The van der Waals surface area contributed by atoms with Gasteiger partial charge in [-0.25, -0.2) is 0 Å². The molecule has 114 valence electrons. The molecule has 21 heavy (non-hydrogen) atoms. The first kappa shape index (κ1) is 16.1. The number of thiophene rings is 1. The Morgan fingerprint density at radius 2 is 2.05 bits per heavy atom. The molecule has 1 aromatic heterocycles. The number of anilines is 1. The number of rotatable bonds is 4. The van der Waals surface area contributed by atoms with E-state index in [0.29, 0.717) is 21.5 Å². The third kappa shape index (κ3) is 3.16. The summed E-state index contributed by atoms with van der Waals surface area (Å²) in [4.78, 5) is 15.0. The van der Waals surface area contributed by atoms with Crippen LogP contribution in [0.15, 0.2) is 18.2 Å². The van der Waals surface area contributed by atoms with Gasteiger partial charge in [-0.1, -0.05) is 31.5 Å². The molecule has 1 heterocycles. The molecule has 2 N–H and O–H groups in total. The van der Waals surface area contributed by atoms with E-state index in [1.54, 1.807) is 11.0 Å². The van der Waals surface area contributed by atoms with E-state index in [4.69, 9.17) is 17.3 Å². The summed E-state index contributed by atoms with van der Waals surface area (Å²) < 4.78 is 0.952. The van der Waals surface area contributed by atoms with Gasteiger partial charge in [-0.3, -0.25) is 4.79 Å². The molecule has 1 atom stereocenters. The fraction of sp³-hybridized carbons (Fsp3) is 0.438. The van der Waals surface area contributed by atoms with Gasteiger partial charge in [0.15, 0.2) is 0 Å². The number of hydrogen-bond acceptors (Lipinski definition) is 3. The Morgan fingerprint density at radius 1 is 1.38 bits per heavy atom. The Balaban J connectivity index is 2.36. The Labute approximate surface area is 134 Å². The van der Waals surface area contributed by atoms with Gasteiger partial charge in [-0.05, 0) is 31.4 Å². The van der Waals surface area contributed by atoms with E-state index in [2.05, 4.69) is 20.8 Å². The lowest BCUT2D eigenvalue weighted by molar-refractivity contribution is 0.0734. The topological polar surface area (TPSA) is 46.3 Å². The van der Waals surface area contributed by atoms with Gasteiger partial charge >= 0.3 is 0 Å². The van der Waals surface area contributed by atoms with Crippen molar-refractivity contribution in [1.82, 2.24) is 4.90 Å². The fourth-order valence-corrected chi connectivity index (χ4v) is 3.95. The lowest BCUT2D eigenvalue weighted by Crippen LogP contribution is -2.35. The summed E-state index contributed by atoms with van der Waals surface area (Å²) in [6.45, 7) is 6.37. The van der Waals surface area contributed by atoms with E-state index in [9.17, 15) is 4.79 Å². The standard InChI is InChI=1S/C16H21ClN2OS/c1-9(2)8-10(3)19(4)16(20)15-14(18)13-11(17)6-5-7-12(13)21-15/h5-7,9-10H,8,18H2,1-4H3. The Bertz CT molecular complexity index is 666. The first-order chi connectivity index (χ1) is 9.82. The number of fused-ring (bicyclic) bond motifs is 1. The van der Waals surface area contributed by atoms with Gasteiger partial charge < -0.3 is 10.6 Å². The number of amides is 1. The number of carbonyl (C=O) groups excluding carboxylic acids is 1. The van der Waals surface area contributed by atoms with Crippen LogP contribution in [0.4, 0.5) is 5.69 Å². The minimum Gasteiger partial charge on any atom is -0.397 e. The van der Waals surface area contributed by atoms with Crippen molar-refractivity contribution in [2.24, 2.45) is 5.92 Å². The smallest absolute Gasteiger partial charge is 0.266 e. The van der Waals surface area contributed by atoms with Crippen LogP contribution in [-0.2, 0) is 0 Å². The third-order valence-corrected chi connectivity index (χ3v) is 5.16. The molecular weight excluding hydrogens is 304 g/mol. The molecule has 0 saturated carbocycles. The summed E-state index contributed by atoms with van der Waals surface area (Å²) in [6.07, 6.45) is 0.966. The maximum Gasteiger partial charge on any atom is 0.266 e. The summed E-state index contributed by atoms with van der Waals surface area (Å²) >= 11 is 7.60. The van der Waals surface area contributed by atoms with Crippen molar-refractivity contribution in [1.29, 1.82) is 0 Å². The molecule has 0 saturated heterocycles. The van der Waals surface area contributed by atoms with E-state index in [-0.39, 0.29) is 11.9 Å². The average molecular weight is 325 g/mol. The highest BCUT2D eigenvalue weighted by Crippen LogP contribution is 2.38. The molecule has 0 spiro atoms. The van der Waals surface area contributed by atoms with Gasteiger partial charge in [0.2, 0.25) is 0 Å². The quantitative estimate of drug-likeness (QED) is 0.890. The summed E-state index contributed by atoms with van der Waals surface area (Å²) in [7, 11) is 1.83. The molecule has 0 aliphatic heterocycles. The van der Waals surface area contributed by atoms with Gasteiger partial charge in [0.05, 0.1) is 10.7 Å². The van der Waals surface area contributed by atoms with Gasteiger partial charge in [-0.15, -0.1) is 11.3 Å². The predicted molar refractivity (Wildman–Crippen MR) is 92.3 cm³/mol. The van der Waals surface area contributed by atoms with Crippen LogP contribution in [-0.4, -0.2) is 23.9 Å². The molecule has 1 unspecified atom stereocenters. The zero-order valence-electron chi connectivity index (χ0n) is 12.8. The number of benzene rings is 1. The van der Waals surface area contributed by atoms with E-state index in [1.165, 1.54) is 11.3 Å². The summed E-state index contributed by atoms with van der Waals surface area (Å²) in [6, 6.07) is 5.79. The molecule has 1 aromatic carbocycles. The molecule has 0 aliphatic rings. The predicted octanol–water partition coefficient (Wildman–Crippen LogP) is 4.64. The molecule has 2 rings (SSSR count). The molecule has 5 heteroatoms. The fourth-order valence-electron chi connectivity index (χ4n) is 2.49. The zero-order valence-corrected chi connectivity index (χ0v) is 14.4. The van der Waals surface area contributed by atoms with Gasteiger partial charge in [0.25, 0.3) is 5.91 Å². The Hall–Kier alpha value is -1.26. The van der Waals surface area contributed by atoms with Crippen molar-refractivity contribution < 1.29 is 4.79 Å². The summed E-state index contributed by atoms with van der Waals surface area (Å²) in [5.41, 5.74) is 6.65. The normalized spacial score (nSPS) is 12.9. The van der Waals surface area contributed by atoms with E-state index in [1.807, 2.05) is 19.2 Å². The maximum absolute atomic E-state index is 12.7. The second-order valence-electron chi connectivity index (χ2n) is 5.85. The van der Waals surface area contributed by atoms with Crippen LogP contribution in [0, 0.1) is 5.92 Å². The zero-order chi connectivity index (χ0) is 15.7. The number of nitrogens with two attached hydrogens (primary N) is 1. The lowest BCUT2D eigenvalue weighted by atomic mass is 10.0. The van der Waals surface area contributed by atoms with Crippen LogP contribution in [0.1, 0.15) is 36.9 Å². The largest absolute Gasteiger partial charge is 0.397 e.